The molecule has 8 atom stereocenters. The Balaban J connectivity index is 1.30. The van der Waals surface area contributed by atoms with Gasteiger partial charge in [0.15, 0.2) is 23.6 Å². The maximum Gasteiger partial charge on any atom is 0.303 e. The summed E-state index contributed by atoms with van der Waals surface area (Å²) in [6.45, 7) is 2.28. The molecular weight excluding hydrogens is 721 g/mol. The molecule has 4 heterocycles. The maximum atomic E-state index is 14.1. The Morgan fingerprint density at radius 1 is 0.980 bits per heavy atom. The lowest BCUT2D eigenvalue weighted by Gasteiger charge is -2.46. The topological polar surface area (TPSA) is 162 Å². The molecule has 0 amide bonds. The van der Waals surface area contributed by atoms with Gasteiger partial charge in [-0.25, -0.2) is 22.5 Å². The van der Waals surface area contributed by atoms with Gasteiger partial charge in [0, 0.05) is 37.1 Å². The number of carbonyl (C=O) groups excluding carboxylic acids is 2. The molecule has 2 aromatic carbocycles. The van der Waals surface area contributed by atoms with Gasteiger partial charge in [-0.1, -0.05) is 34.2 Å². The van der Waals surface area contributed by atoms with Crippen LogP contribution in [0.3, 0.4) is 0 Å². The van der Waals surface area contributed by atoms with Crippen molar-refractivity contribution in [2.24, 2.45) is 0 Å². The number of carbonyl (C=O) groups is 2. The monoisotopic (exact) mass is 752 g/mol. The third-order valence-corrected chi connectivity index (χ3v) is 10.0. The molecule has 0 radical (unpaired) electrons. The van der Waals surface area contributed by atoms with E-state index in [2.05, 4.69) is 20.6 Å². The predicted octanol–water partition coefficient (Wildman–Crippen LogP) is 3.78. The molecule has 0 aliphatic carbocycles. The summed E-state index contributed by atoms with van der Waals surface area (Å²) in [7, 11) is 1.39. The lowest BCUT2D eigenvalue weighted by molar-refractivity contribution is -0.208. The maximum absolute atomic E-state index is 14.1. The quantitative estimate of drug-likeness (QED) is 0.184. The highest BCUT2D eigenvalue weighted by molar-refractivity contribution is 8.00. The summed E-state index contributed by atoms with van der Waals surface area (Å²) in [5.74, 6) is -5.81. The number of methoxy groups -OCH3 is 1. The fourth-order valence-electron chi connectivity index (χ4n) is 5.98. The van der Waals surface area contributed by atoms with Crippen LogP contribution in [0.4, 0.5) is 13.2 Å². The number of hydrogen-bond acceptors (Lipinski definition) is 13. The number of ether oxygens (including phenoxy) is 5. The van der Waals surface area contributed by atoms with Crippen LogP contribution in [0.5, 0.6) is 0 Å². The summed E-state index contributed by atoms with van der Waals surface area (Å²) >= 11 is 7.31. The van der Waals surface area contributed by atoms with Crippen molar-refractivity contribution < 1.29 is 51.6 Å². The van der Waals surface area contributed by atoms with E-state index >= 15 is 0 Å². The van der Waals surface area contributed by atoms with Gasteiger partial charge >= 0.3 is 11.9 Å². The Kier molecular flexibility index (Phi) is 11.3. The van der Waals surface area contributed by atoms with E-state index in [1.165, 1.54) is 48.3 Å². The van der Waals surface area contributed by atoms with Crippen molar-refractivity contribution in [1.82, 2.24) is 30.0 Å². The molecule has 2 aliphatic heterocycles. The molecule has 19 heteroatoms. The molecule has 2 aromatic heterocycles. The molecule has 272 valence electrons. The van der Waals surface area contributed by atoms with Crippen LogP contribution in [0, 0.1) is 17.5 Å². The first-order chi connectivity index (χ1) is 24.4. The molecule has 8 unspecified atom stereocenters. The third kappa shape index (κ3) is 8.05. The zero-order valence-electron chi connectivity index (χ0n) is 27.3. The second kappa shape index (κ2) is 15.7. The summed E-state index contributed by atoms with van der Waals surface area (Å²) in [5.41, 5.74) is 0.217. The van der Waals surface area contributed by atoms with Crippen LogP contribution in [0.2, 0.25) is 5.02 Å². The summed E-state index contributed by atoms with van der Waals surface area (Å²) in [4.78, 5) is 24.2. The molecule has 6 rings (SSSR count). The van der Waals surface area contributed by atoms with Gasteiger partial charge < -0.3 is 28.8 Å². The Hall–Kier alpha value is -4.07. The van der Waals surface area contributed by atoms with Gasteiger partial charge in [-0.3, -0.25) is 9.59 Å². The summed E-state index contributed by atoms with van der Waals surface area (Å²) in [6.07, 6.45) is -1.25. The first-order valence-corrected chi connectivity index (χ1v) is 16.9. The molecule has 14 nitrogen and oxygen atoms in total. The van der Waals surface area contributed by atoms with Crippen LogP contribution in [0.15, 0.2) is 48.8 Å². The average molecular weight is 753 g/mol. The van der Waals surface area contributed by atoms with Crippen molar-refractivity contribution in [2.45, 2.75) is 61.0 Å². The van der Waals surface area contributed by atoms with E-state index in [-0.39, 0.29) is 31.1 Å². The van der Waals surface area contributed by atoms with Crippen molar-refractivity contribution in [1.29, 1.82) is 0 Å². The number of aliphatic hydroxyl groups is 1. The van der Waals surface area contributed by atoms with Gasteiger partial charge in [0.05, 0.1) is 37.0 Å². The number of aliphatic hydroxyl groups excluding tert-OH is 1. The Morgan fingerprint density at radius 3 is 2.33 bits per heavy atom. The molecule has 1 N–H and O–H groups in total. The number of aromatic nitrogens is 6. The molecular formula is C32H32ClF3N6O8S. The van der Waals surface area contributed by atoms with Gasteiger partial charge in [0.1, 0.15) is 47.7 Å². The molecule has 0 saturated carbocycles. The zero-order chi connectivity index (χ0) is 36.4. The van der Waals surface area contributed by atoms with Crippen LogP contribution < -0.4 is 0 Å². The van der Waals surface area contributed by atoms with Crippen LogP contribution >= 0.6 is 23.4 Å². The van der Waals surface area contributed by atoms with Gasteiger partial charge in [0.25, 0.3) is 0 Å². The normalized spacial score (nSPS) is 26.5. The number of nitrogens with zero attached hydrogens (tertiary/aromatic N) is 6. The van der Waals surface area contributed by atoms with Gasteiger partial charge in [-0.2, -0.15) is 0 Å². The summed E-state index contributed by atoms with van der Waals surface area (Å²) < 4.78 is 73.8. The molecule has 4 aromatic rings. The number of esters is 2. The second-order valence-electron chi connectivity index (χ2n) is 11.8. The van der Waals surface area contributed by atoms with E-state index in [9.17, 15) is 27.9 Å². The molecule has 2 fully saturated rings. The van der Waals surface area contributed by atoms with E-state index in [1.807, 2.05) is 6.07 Å². The Labute approximate surface area is 298 Å². The van der Waals surface area contributed by atoms with E-state index in [4.69, 9.17) is 35.3 Å². The van der Waals surface area contributed by atoms with Gasteiger partial charge in [0.2, 0.25) is 0 Å². The zero-order valence-corrected chi connectivity index (χ0v) is 28.8. The number of thioether (sulfide) groups is 1. The largest absolute Gasteiger partial charge is 0.463 e. The highest BCUT2D eigenvalue weighted by Gasteiger charge is 2.52. The minimum absolute atomic E-state index is 0.0274. The van der Waals surface area contributed by atoms with Crippen LogP contribution in [0.25, 0.3) is 22.5 Å². The molecule has 0 spiro atoms. The standard InChI is InChI=1S/C32H32ClF3N6O8S/c1-15(43)48-13-25-30(49-16(2)44)28(42-11-23(38-40-42)18-8-20(34)27(36)21(35)9-18)31(46-3)32(50-25)51-26-14-47-12-24(29(26)45)41-10-22(37-39-41)17-5-4-6-19(33)7-17/h4-11,24-26,28-32,45H,12-14H2,1-3H3. The number of halogens is 4. The first-order valence-electron chi connectivity index (χ1n) is 15.6. The SMILES string of the molecule is COC1C(SC2COCC(n3cc(-c4cccc(Cl)c4)nn3)C2O)OC(COC(C)=O)C(OC(C)=O)C1n1cc(-c2cc(F)c(F)c(F)c2)nn1. The van der Waals surface area contributed by atoms with Crippen LogP contribution in [-0.2, 0) is 33.3 Å². The fourth-order valence-corrected chi connectivity index (χ4v) is 7.66. The second-order valence-corrected chi connectivity index (χ2v) is 13.6. The highest BCUT2D eigenvalue weighted by atomic mass is 35.5. The van der Waals surface area contributed by atoms with E-state index in [1.54, 1.807) is 24.4 Å². The van der Waals surface area contributed by atoms with E-state index in [0.717, 1.165) is 17.7 Å². The van der Waals surface area contributed by atoms with Crippen molar-refractivity contribution in [2.75, 3.05) is 26.9 Å². The van der Waals surface area contributed by atoms with Crippen molar-refractivity contribution in [3.63, 3.8) is 0 Å². The predicted molar refractivity (Wildman–Crippen MR) is 174 cm³/mol. The Morgan fingerprint density at radius 2 is 1.67 bits per heavy atom. The first kappa shape index (κ1) is 36.7. The summed E-state index contributed by atoms with van der Waals surface area (Å²) in [5, 5.41) is 28.2. The smallest absolute Gasteiger partial charge is 0.303 e. The number of hydrogen-bond donors (Lipinski definition) is 1. The number of rotatable bonds is 10. The fraction of sp³-hybridized carbons (Fsp3) is 0.438. The minimum Gasteiger partial charge on any atom is -0.463 e. The lowest BCUT2D eigenvalue weighted by Crippen LogP contribution is -2.58. The molecule has 0 bridgehead atoms. The number of benzene rings is 2. The van der Waals surface area contributed by atoms with Gasteiger partial charge in [-0.05, 0) is 24.3 Å². The highest BCUT2D eigenvalue weighted by Crippen LogP contribution is 2.42. The van der Waals surface area contributed by atoms with Crippen LogP contribution in [-0.4, -0.2) is 109 Å². The van der Waals surface area contributed by atoms with Gasteiger partial charge in [-0.15, -0.1) is 22.0 Å². The van der Waals surface area contributed by atoms with Crippen molar-refractivity contribution in [3.8, 4) is 22.5 Å². The minimum atomic E-state index is -1.64. The third-order valence-electron chi connectivity index (χ3n) is 8.36. The molecule has 51 heavy (non-hydrogen) atoms. The van der Waals surface area contributed by atoms with E-state index in [0.29, 0.717) is 10.7 Å². The average Bonchev–Trinajstić information content (AvgIpc) is 3.78. The lowest BCUT2D eigenvalue weighted by atomic mass is 9.96. The summed E-state index contributed by atoms with van der Waals surface area (Å²) in [6, 6.07) is 6.98. The Bertz CT molecular complexity index is 1860. The molecule has 2 saturated heterocycles. The van der Waals surface area contributed by atoms with Crippen molar-refractivity contribution in [3.05, 3.63) is 71.3 Å². The molecule has 2 aliphatic rings. The van der Waals surface area contributed by atoms with Crippen molar-refractivity contribution >= 4 is 35.3 Å². The van der Waals surface area contributed by atoms with Crippen LogP contribution in [0.1, 0.15) is 25.9 Å². The van der Waals surface area contributed by atoms with E-state index < -0.39 is 76.6 Å².